The molecule has 1 aliphatic rings. The molecule has 2 atom stereocenters. The van der Waals surface area contributed by atoms with Crippen LogP contribution in [0.1, 0.15) is 12.8 Å². The van der Waals surface area contributed by atoms with Gasteiger partial charge in [-0.15, -0.1) is 0 Å². The molecule has 0 saturated carbocycles. The first kappa shape index (κ1) is 13.6. The number of anilines is 1. The fourth-order valence-corrected chi connectivity index (χ4v) is 2.44. The van der Waals surface area contributed by atoms with Crippen LogP contribution >= 0.6 is 27.5 Å². The van der Waals surface area contributed by atoms with Crippen molar-refractivity contribution in [1.82, 2.24) is 0 Å². The number of benzene rings is 1. The summed E-state index contributed by atoms with van der Waals surface area (Å²) in [6.07, 6.45) is 0.555. The van der Waals surface area contributed by atoms with Crippen molar-refractivity contribution in [2.75, 3.05) is 11.9 Å². The van der Waals surface area contributed by atoms with E-state index in [9.17, 15) is 4.79 Å². The van der Waals surface area contributed by atoms with Gasteiger partial charge in [0.1, 0.15) is 0 Å². The third-order valence-corrected chi connectivity index (χ3v) is 3.65. The van der Waals surface area contributed by atoms with Crippen LogP contribution in [-0.4, -0.2) is 29.8 Å². The molecule has 2 rings (SSSR count). The summed E-state index contributed by atoms with van der Waals surface area (Å²) in [6, 6.07) is 5.54. The molecule has 2 unspecified atom stereocenters. The van der Waals surface area contributed by atoms with Crippen LogP contribution in [0.25, 0.3) is 0 Å². The predicted molar refractivity (Wildman–Crippen MR) is 73.2 cm³/mol. The van der Waals surface area contributed by atoms with Crippen molar-refractivity contribution in [1.29, 1.82) is 0 Å². The first-order chi connectivity index (χ1) is 8.56. The van der Waals surface area contributed by atoms with Crippen LogP contribution in [0.2, 0.25) is 5.02 Å². The number of aliphatic carboxylic acids is 1. The fourth-order valence-electron chi connectivity index (χ4n) is 1.89. The third-order valence-electron chi connectivity index (χ3n) is 2.83. The summed E-state index contributed by atoms with van der Waals surface area (Å²) in [7, 11) is 0. The average Bonchev–Trinajstić information content (AvgIpc) is 2.79. The van der Waals surface area contributed by atoms with Gasteiger partial charge in [0.15, 0.2) is 6.10 Å². The lowest BCUT2D eigenvalue weighted by Gasteiger charge is -2.14. The van der Waals surface area contributed by atoms with Gasteiger partial charge in [-0.1, -0.05) is 27.5 Å². The highest BCUT2D eigenvalue weighted by molar-refractivity contribution is 9.10. The fraction of sp³-hybridized carbons (Fsp3) is 0.417. The van der Waals surface area contributed by atoms with Gasteiger partial charge >= 0.3 is 5.97 Å². The largest absolute Gasteiger partial charge is 0.479 e. The molecule has 2 N–H and O–H groups in total. The number of carboxylic acid groups (broad SMARTS) is 1. The molecular formula is C12H13BrClNO3. The average molecular weight is 335 g/mol. The summed E-state index contributed by atoms with van der Waals surface area (Å²) >= 11 is 9.41. The van der Waals surface area contributed by atoms with Gasteiger partial charge in [-0.3, -0.25) is 0 Å². The molecule has 1 aromatic carbocycles. The van der Waals surface area contributed by atoms with Crippen LogP contribution in [0.5, 0.6) is 0 Å². The van der Waals surface area contributed by atoms with E-state index in [-0.39, 0.29) is 6.10 Å². The van der Waals surface area contributed by atoms with E-state index in [2.05, 4.69) is 21.2 Å². The Bertz CT molecular complexity index is 455. The van der Waals surface area contributed by atoms with Crippen LogP contribution in [0.4, 0.5) is 5.69 Å². The van der Waals surface area contributed by atoms with Gasteiger partial charge in [-0.05, 0) is 31.0 Å². The Morgan fingerprint density at radius 2 is 2.33 bits per heavy atom. The van der Waals surface area contributed by atoms with E-state index in [4.69, 9.17) is 21.4 Å². The molecule has 0 spiro atoms. The van der Waals surface area contributed by atoms with Crippen molar-refractivity contribution in [3.05, 3.63) is 27.7 Å². The van der Waals surface area contributed by atoms with E-state index in [1.165, 1.54) is 0 Å². The summed E-state index contributed by atoms with van der Waals surface area (Å²) in [4.78, 5) is 10.7. The van der Waals surface area contributed by atoms with Gasteiger partial charge in [0.2, 0.25) is 0 Å². The third kappa shape index (κ3) is 3.37. The maximum atomic E-state index is 10.7. The predicted octanol–water partition coefficient (Wildman–Crippen LogP) is 3.15. The highest BCUT2D eigenvalue weighted by Gasteiger charge is 2.30. The number of carboxylic acids is 1. The van der Waals surface area contributed by atoms with Gasteiger partial charge in [-0.2, -0.15) is 0 Å². The van der Waals surface area contributed by atoms with Crippen molar-refractivity contribution in [2.45, 2.75) is 25.0 Å². The van der Waals surface area contributed by atoms with Crippen molar-refractivity contribution in [3.63, 3.8) is 0 Å². The molecule has 0 bridgehead atoms. The number of hydrogen-bond acceptors (Lipinski definition) is 3. The first-order valence-corrected chi connectivity index (χ1v) is 6.80. The molecule has 18 heavy (non-hydrogen) atoms. The minimum Gasteiger partial charge on any atom is -0.479 e. The highest BCUT2D eigenvalue weighted by atomic mass is 79.9. The maximum Gasteiger partial charge on any atom is 0.332 e. The normalized spacial score (nSPS) is 23.0. The molecule has 1 aromatic rings. The molecule has 0 aliphatic carbocycles. The standard InChI is InChI=1S/C12H13BrClNO3/c13-7-1-3-9(14)10(5-7)15-6-8-2-4-11(18-8)12(16)17/h1,3,5,8,11,15H,2,4,6H2,(H,16,17). The van der Waals surface area contributed by atoms with Gasteiger partial charge in [0.05, 0.1) is 16.8 Å². The zero-order valence-corrected chi connectivity index (χ0v) is 11.9. The van der Waals surface area contributed by atoms with Crippen LogP contribution in [-0.2, 0) is 9.53 Å². The molecule has 1 saturated heterocycles. The maximum absolute atomic E-state index is 10.7. The Balaban J connectivity index is 1.89. The van der Waals surface area contributed by atoms with E-state index in [1.54, 1.807) is 6.07 Å². The Morgan fingerprint density at radius 1 is 1.56 bits per heavy atom. The Kier molecular flexibility index (Phi) is 4.48. The van der Waals surface area contributed by atoms with E-state index >= 15 is 0 Å². The summed E-state index contributed by atoms with van der Waals surface area (Å²) in [6.45, 7) is 0.556. The zero-order valence-electron chi connectivity index (χ0n) is 9.53. The smallest absolute Gasteiger partial charge is 0.332 e. The number of hydrogen-bond donors (Lipinski definition) is 2. The quantitative estimate of drug-likeness (QED) is 0.888. The lowest BCUT2D eigenvalue weighted by Crippen LogP contribution is -2.24. The van der Waals surface area contributed by atoms with Gasteiger partial charge in [-0.25, -0.2) is 4.79 Å². The summed E-state index contributed by atoms with van der Waals surface area (Å²) in [5.41, 5.74) is 0.813. The van der Waals surface area contributed by atoms with Crippen molar-refractivity contribution >= 4 is 39.2 Å². The van der Waals surface area contributed by atoms with E-state index in [1.807, 2.05) is 12.1 Å². The van der Waals surface area contributed by atoms with Gasteiger partial charge in [0, 0.05) is 11.0 Å². The summed E-state index contributed by atoms with van der Waals surface area (Å²) < 4.78 is 6.33. The van der Waals surface area contributed by atoms with Gasteiger partial charge in [0.25, 0.3) is 0 Å². The number of ether oxygens (including phenoxy) is 1. The van der Waals surface area contributed by atoms with Gasteiger partial charge < -0.3 is 15.2 Å². The molecule has 0 radical (unpaired) electrons. The first-order valence-electron chi connectivity index (χ1n) is 5.63. The van der Waals surface area contributed by atoms with E-state index in [0.717, 1.165) is 16.6 Å². The topological polar surface area (TPSA) is 58.6 Å². The molecule has 0 aromatic heterocycles. The molecule has 1 fully saturated rings. The molecule has 98 valence electrons. The Labute approximate surface area is 118 Å². The monoisotopic (exact) mass is 333 g/mol. The van der Waals surface area contributed by atoms with Crippen LogP contribution < -0.4 is 5.32 Å². The molecule has 4 nitrogen and oxygen atoms in total. The van der Waals surface area contributed by atoms with E-state index in [0.29, 0.717) is 18.0 Å². The minimum absolute atomic E-state index is 0.0823. The number of nitrogens with one attached hydrogen (secondary N) is 1. The number of rotatable bonds is 4. The van der Waals surface area contributed by atoms with E-state index < -0.39 is 12.1 Å². The second-order valence-corrected chi connectivity index (χ2v) is 5.49. The van der Waals surface area contributed by atoms with Crippen LogP contribution in [0.3, 0.4) is 0 Å². The van der Waals surface area contributed by atoms with Crippen molar-refractivity contribution in [2.24, 2.45) is 0 Å². The number of carbonyl (C=O) groups is 1. The second kappa shape index (κ2) is 5.91. The lowest BCUT2D eigenvalue weighted by atomic mass is 10.2. The Morgan fingerprint density at radius 3 is 3.00 bits per heavy atom. The molecular weight excluding hydrogens is 321 g/mol. The van der Waals surface area contributed by atoms with Crippen molar-refractivity contribution in [3.8, 4) is 0 Å². The SMILES string of the molecule is O=C(O)C1CCC(CNc2cc(Br)ccc2Cl)O1. The minimum atomic E-state index is -0.891. The van der Waals surface area contributed by atoms with Crippen molar-refractivity contribution < 1.29 is 14.6 Å². The summed E-state index contributed by atoms with van der Waals surface area (Å²) in [5, 5.41) is 12.6. The summed E-state index contributed by atoms with van der Waals surface area (Å²) in [5.74, 6) is -0.891. The molecule has 6 heteroatoms. The lowest BCUT2D eigenvalue weighted by molar-refractivity contribution is -0.149. The molecule has 0 amide bonds. The molecule has 1 aliphatic heterocycles. The Hall–Kier alpha value is -0.780. The van der Waals surface area contributed by atoms with Crippen LogP contribution in [0, 0.1) is 0 Å². The zero-order chi connectivity index (χ0) is 13.1. The second-order valence-electron chi connectivity index (χ2n) is 4.17. The highest BCUT2D eigenvalue weighted by Crippen LogP contribution is 2.27. The number of halogens is 2. The van der Waals surface area contributed by atoms with Crippen LogP contribution in [0.15, 0.2) is 22.7 Å². The molecule has 1 heterocycles.